The van der Waals surface area contributed by atoms with Gasteiger partial charge < -0.3 is 14.6 Å². The Morgan fingerprint density at radius 1 is 0.871 bits per heavy atom. The quantitative estimate of drug-likeness (QED) is 0.682. The first kappa shape index (κ1) is 22.8. The number of aliphatic hydroxyl groups is 1. The molecule has 1 N–H and O–H groups in total. The summed E-state index contributed by atoms with van der Waals surface area (Å²) in [5.41, 5.74) is -0.446. The van der Waals surface area contributed by atoms with Gasteiger partial charge in [0.05, 0.1) is 6.10 Å². The molecule has 4 aliphatic carbocycles. The van der Waals surface area contributed by atoms with Crippen LogP contribution in [0.1, 0.15) is 79.6 Å². The van der Waals surface area contributed by atoms with Crippen LogP contribution < -0.4 is 0 Å². The molecule has 0 spiro atoms. The number of rotatable bonds is 3. The average Bonchev–Trinajstić information content (AvgIpc) is 3.01. The molecule has 0 radical (unpaired) electrons. The largest absolute Gasteiger partial charge is 0.463 e. The first-order valence-electron chi connectivity index (χ1n) is 12.0. The van der Waals surface area contributed by atoms with E-state index in [1.54, 1.807) is 6.92 Å². The third-order valence-electron chi connectivity index (χ3n) is 9.86. The van der Waals surface area contributed by atoms with Crippen molar-refractivity contribution in [2.45, 2.75) is 97.9 Å². The van der Waals surface area contributed by atoms with E-state index in [1.807, 2.05) is 0 Å². The van der Waals surface area contributed by atoms with Gasteiger partial charge in [0, 0.05) is 31.1 Å². The first-order valence-corrected chi connectivity index (χ1v) is 12.0. The predicted octanol–water partition coefficient (Wildman–Crippen LogP) is 3.68. The zero-order chi connectivity index (χ0) is 22.7. The molecule has 6 nitrogen and oxygen atoms in total. The summed E-state index contributed by atoms with van der Waals surface area (Å²) < 4.78 is 11.5. The van der Waals surface area contributed by atoms with Gasteiger partial charge in [-0.15, -0.1) is 0 Å². The summed E-state index contributed by atoms with van der Waals surface area (Å²) in [4.78, 5) is 36.0. The van der Waals surface area contributed by atoms with Gasteiger partial charge in [0.25, 0.3) is 0 Å². The molecule has 0 bridgehead atoms. The first-order chi connectivity index (χ1) is 14.5. The van der Waals surface area contributed by atoms with Crippen molar-refractivity contribution in [3.63, 3.8) is 0 Å². The molecule has 31 heavy (non-hydrogen) atoms. The van der Waals surface area contributed by atoms with E-state index in [9.17, 15) is 19.5 Å². The lowest BCUT2D eigenvalue weighted by Crippen LogP contribution is -2.63. The van der Waals surface area contributed by atoms with Gasteiger partial charge in [-0.05, 0) is 75.0 Å². The maximum absolute atomic E-state index is 12.4. The Kier molecular flexibility index (Phi) is 5.77. The molecule has 2 unspecified atom stereocenters. The molecule has 10 atom stereocenters. The van der Waals surface area contributed by atoms with E-state index in [4.69, 9.17) is 9.47 Å². The molecule has 6 heteroatoms. The van der Waals surface area contributed by atoms with Gasteiger partial charge in [0.15, 0.2) is 0 Å². The molecule has 0 heterocycles. The van der Waals surface area contributed by atoms with Gasteiger partial charge in [0.1, 0.15) is 18.0 Å². The van der Waals surface area contributed by atoms with Crippen LogP contribution in [0.3, 0.4) is 0 Å². The van der Waals surface area contributed by atoms with Crippen molar-refractivity contribution in [2.75, 3.05) is 0 Å². The number of ether oxygens (including phenoxy) is 2. The molecular weight excluding hydrogens is 396 g/mol. The second-order valence-electron chi connectivity index (χ2n) is 11.2. The summed E-state index contributed by atoms with van der Waals surface area (Å²) in [7, 11) is 0. The SMILES string of the molecule is CC(=O)O[C@@H]1CC[C@@]2(C)C(C1)C[C@@H](OC(C)=O)C1[C@@H]3CC[C@H](C(C)=O)[C@@]3(C)[C@@H](O)C[C@@H]12. The molecule has 0 aromatic heterocycles. The van der Waals surface area contributed by atoms with Gasteiger partial charge in [-0.3, -0.25) is 14.4 Å². The lowest BCUT2D eigenvalue weighted by atomic mass is 9.43. The van der Waals surface area contributed by atoms with E-state index >= 15 is 0 Å². The summed E-state index contributed by atoms with van der Waals surface area (Å²) in [5.74, 6) is 0.351. The van der Waals surface area contributed by atoms with Crippen molar-refractivity contribution in [3.8, 4) is 0 Å². The van der Waals surface area contributed by atoms with Crippen LogP contribution in [0.5, 0.6) is 0 Å². The highest BCUT2D eigenvalue weighted by molar-refractivity contribution is 5.79. The topological polar surface area (TPSA) is 89.9 Å². The van der Waals surface area contributed by atoms with E-state index in [-0.39, 0.29) is 64.9 Å². The Labute approximate surface area is 185 Å². The van der Waals surface area contributed by atoms with Crippen LogP contribution in [0.25, 0.3) is 0 Å². The number of hydrogen-bond acceptors (Lipinski definition) is 6. The minimum absolute atomic E-state index is 0.00852. The zero-order valence-electron chi connectivity index (χ0n) is 19.6. The number of fused-ring (bicyclic) bond motifs is 5. The second-order valence-corrected chi connectivity index (χ2v) is 11.2. The average molecular weight is 435 g/mol. The molecule has 0 aliphatic heterocycles. The third kappa shape index (κ3) is 3.53. The van der Waals surface area contributed by atoms with Crippen LogP contribution in [0.4, 0.5) is 0 Å². The Balaban J connectivity index is 1.69. The lowest BCUT2D eigenvalue weighted by Gasteiger charge is -2.63. The predicted molar refractivity (Wildman–Crippen MR) is 114 cm³/mol. The lowest BCUT2D eigenvalue weighted by molar-refractivity contribution is -0.215. The monoisotopic (exact) mass is 434 g/mol. The van der Waals surface area contributed by atoms with Crippen LogP contribution in [-0.2, 0) is 23.9 Å². The van der Waals surface area contributed by atoms with Gasteiger partial charge in [-0.1, -0.05) is 13.8 Å². The van der Waals surface area contributed by atoms with Crippen LogP contribution >= 0.6 is 0 Å². The number of Topliss-reactive ketones (excluding diaryl/α,β-unsaturated/α-hetero) is 1. The second kappa shape index (κ2) is 7.86. The molecule has 4 rings (SSSR count). The van der Waals surface area contributed by atoms with Crippen LogP contribution in [-0.4, -0.2) is 41.1 Å². The number of aliphatic hydroxyl groups excluding tert-OH is 1. The fraction of sp³-hybridized carbons (Fsp3) is 0.880. The zero-order valence-corrected chi connectivity index (χ0v) is 19.6. The summed E-state index contributed by atoms with van der Waals surface area (Å²) >= 11 is 0. The van der Waals surface area contributed by atoms with Crippen molar-refractivity contribution in [1.82, 2.24) is 0 Å². The summed E-state index contributed by atoms with van der Waals surface area (Å²) in [5, 5.41) is 11.4. The normalized spacial score (nSPS) is 48.7. The standard InChI is InChI=1S/C25H38O6/c1-13(26)18-6-7-19-23-20(12-22(29)25(18,19)5)24(4)9-8-17(30-14(2)27)10-16(24)11-21(23)31-15(3)28/h16-23,29H,6-12H2,1-5H3/t16?,17-,18-,19+,20+,21-,22+,23?,24+,25-/m1/s1. The van der Waals surface area contributed by atoms with Gasteiger partial charge >= 0.3 is 11.9 Å². The fourth-order valence-electron chi connectivity index (χ4n) is 8.47. The van der Waals surface area contributed by atoms with Crippen molar-refractivity contribution >= 4 is 17.7 Å². The number of ketones is 1. The Morgan fingerprint density at radius 3 is 2.16 bits per heavy atom. The molecule has 174 valence electrons. The number of hydrogen-bond donors (Lipinski definition) is 1. The Morgan fingerprint density at radius 2 is 1.55 bits per heavy atom. The Bertz CT molecular complexity index is 763. The highest BCUT2D eigenvalue weighted by Gasteiger charge is 2.66. The molecule has 0 aromatic carbocycles. The van der Waals surface area contributed by atoms with Gasteiger partial charge in [-0.25, -0.2) is 0 Å². The minimum Gasteiger partial charge on any atom is -0.463 e. The molecule has 0 saturated heterocycles. The number of esters is 2. The smallest absolute Gasteiger partial charge is 0.302 e. The fourth-order valence-corrected chi connectivity index (χ4v) is 8.47. The molecule has 0 amide bonds. The van der Waals surface area contributed by atoms with E-state index in [2.05, 4.69) is 13.8 Å². The Hall–Kier alpha value is -1.43. The van der Waals surface area contributed by atoms with E-state index in [1.165, 1.54) is 13.8 Å². The van der Waals surface area contributed by atoms with E-state index < -0.39 is 11.5 Å². The summed E-state index contributed by atoms with van der Waals surface area (Å²) in [6.45, 7) is 8.99. The maximum atomic E-state index is 12.4. The van der Waals surface area contributed by atoms with Crippen LogP contribution in [0.15, 0.2) is 0 Å². The van der Waals surface area contributed by atoms with E-state index in [0.29, 0.717) is 6.42 Å². The highest BCUT2D eigenvalue weighted by Crippen LogP contribution is 2.68. The van der Waals surface area contributed by atoms with Crippen LogP contribution in [0, 0.1) is 40.4 Å². The van der Waals surface area contributed by atoms with E-state index in [0.717, 1.165) is 38.5 Å². The van der Waals surface area contributed by atoms with Gasteiger partial charge in [-0.2, -0.15) is 0 Å². The molecule has 4 fully saturated rings. The van der Waals surface area contributed by atoms with Crippen molar-refractivity contribution in [3.05, 3.63) is 0 Å². The minimum atomic E-state index is -0.533. The third-order valence-corrected chi connectivity index (χ3v) is 9.86. The molecular formula is C25H38O6. The van der Waals surface area contributed by atoms with Crippen molar-refractivity contribution in [1.29, 1.82) is 0 Å². The van der Waals surface area contributed by atoms with Crippen LogP contribution in [0.2, 0.25) is 0 Å². The number of carbonyl (C=O) groups is 3. The molecule has 4 aliphatic rings. The molecule has 4 saturated carbocycles. The van der Waals surface area contributed by atoms with Crippen molar-refractivity contribution in [2.24, 2.45) is 40.4 Å². The summed E-state index contributed by atoms with van der Waals surface area (Å²) in [6, 6.07) is 0. The summed E-state index contributed by atoms with van der Waals surface area (Å²) in [6.07, 6.45) is 4.84. The van der Waals surface area contributed by atoms with Crippen molar-refractivity contribution < 1.29 is 29.0 Å². The highest BCUT2D eigenvalue weighted by atomic mass is 16.5. The molecule has 0 aromatic rings. The number of carbonyl (C=O) groups excluding carboxylic acids is 3. The maximum Gasteiger partial charge on any atom is 0.302 e. The van der Waals surface area contributed by atoms with Gasteiger partial charge in [0.2, 0.25) is 0 Å².